The monoisotopic (exact) mass is 301 g/mol. The topological polar surface area (TPSA) is 15.8 Å². The molecule has 0 radical (unpaired) electrons. The van der Waals surface area contributed by atoms with Crippen molar-refractivity contribution in [3.05, 3.63) is 60.3 Å². The molecule has 1 nitrogen and oxygen atoms in total. The molecule has 0 saturated carbocycles. The Morgan fingerprint density at radius 2 is 2.11 bits per heavy atom. The number of alkyl halides is 1. The molecule has 3 rings (SSSR count). The third-order valence-corrected chi connectivity index (χ3v) is 5.02. The molecule has 1 aliphatic carbocycles. The summed E-state index contributed by atoms with van der Waals surface area (Å²) in [7, 11) is 0. The van der Waals surface area contributed by atoms with E-state index >= 15 is 0 Å². The van der Waals surface area contributed by atoms with E-state index in [9.17, 15) is 0 Å². The highest BCUT2D eigenvalue weighted by Crippen LogP contribution is 2.40. The Hall–Kier alpha value is -1.28. The first-order valence-electron chi connectivity index (χ1n) is 6.34. The normalized spacial score (nSPS) is 26.9. The van der Waals surface area contributed by atoms with Gasteiger partial charge in [-0.3, -0.25) is 0 Å². The van der Waals surface area contributed by atoms with E-state index in [1.807, 2.05) is 0 Å². The summed E-state index contributed by atoms with van der Waals surface area (Å²) < 4.78 is 0. The maximum absolute atomic E-state index is 3.81. The Balaban J connectivity index is 2.16. The lowest BCUT2D eigenvalue weighted by molar-refractivity contribution is 0.523. The maximum Gasteiger partial charge on any atom is 0.0474 e. The predicted molar refractivity (Wildman–Crippen MR) is 81.3 cm³/mol. The lowest BCUT2D eigenvalue weighted by atomic mass is 9.76. The van der Waals surface area contributed by atoms with Gasteiger partial charge in [0, 0.05) is 21.5 Å². The molecule has 18 heavy (non-hydrogen) atoms. The maximum atomic E-state index is 3.81. The number of allylic oxidation sites excluding steroid dienone is 4. The van der Waals surface area contributed by atoms with E-state index < -0.39 is 0 Å². The van der Waals surface area contributed by atoms with Crippen LogP contribution in [0.1, 0.15) is 19.0 Å². The standard InChI is InChI=1S/C16H16BrN/c1-2-16(10-6-5-9-14(16)17)15-11-12-7-3-4-8-13(12)18-15/h3-11,14,18H,2H2,1H3. The van der Waals surface area contributed by atoms with Gasteiger partial charge in [0.25, 0.3) is 0 Å². The second-order valence-corrected chi connectivity index (χ2v) is 5.80. The van der Waals surface area contributed by atoms with Crippen molar-refractivity contribution in [2.45, 2.75) is 23.6 Å². The van der Waals surface area contributed by atoms with Gasteiger partial charge in [-0.25, -0.2) is 0 Å². The van der Waals surface area contributed by atoms with Crippen molar-refractivity contribution in [2.75, 3.05) is 0 Å². The van der Waals surface area contributed by atoms with E-state index in [2.05, 4.69) is 82.5 Å². The van der Waals surface area contributed by atoms with Gasteiger partial charge in [0.05, 0.1) is 0 Å². The summed E-state index contributed by atoms with van der Waals surface area (Å²) in [5.74, 6) is 0. The van der Waals surface area contributed by atoms with Gasteiger partial charge in [-0.2, -0.15) is 0 Å². The lowest BCUT2D eigenvalue weighted by Crippen LogP contribution is -2.33. The molecule has 0 spiro atoms. The van der Waals surface area contributed by atoms with Crippen molar-refractivity contribution in [1.82, 2.24) is 4.98 Å². The molecular weight excluding hydrogens is 286 g/mol. The highest BCUT2D eigenvalue weighted by Gasteiger charge is 2.36. The molecule has 2 heteroatoms. The minimum absolute atomic E-state index is 0.0355. The number of rotatable bonds is 2. The first-order valence-corrected chi connectivity index (χ1v) is 7.26. The second kappa shape index (κ2) is 4.43. The number of aromatic nitrogens is 1. The minimum Gasteiger partial charge on any atom is -0.358 e. The molecule has 0 aliphatic heterocycles. The molecule has 0 saturated heterocycles. The second-order valence-electron chi connectivity index (χ2n) is 4.81. The zero-order chi connectivity index (χ0) is 12.6. The average Bonchev–Trinajstić information content (AvgIpc) is 2.83. The SMILES string of the molecule is CCC1(c2cc3ccccc3[nH]2)C=CC=CC1Br. The van der Waals surface area contributed by atoms with Gasteiger partial charge in [0.1, 0.15) is 0 Å². The van der Waals surface area contributed by atoms with Gasteiger partial charge >= 0.3 is 0 Å². The summed E-state index contributed by atoms with van der Waals surface area (Å²) >= 11 is 3.81. The largest absolute Gasteiger partial charge is 0.358 e. The molecule has 0 bridgehead atoms. The predicted octanol–water partition coefficient (Wildman–Crippen LogP) is 4.71. The van der Waals surface area contributed by atoms with E-state index in [0.29, 0.717) is 4.83 Å². The lowest BCUT2D eigenvalue weighted by Gasteiger charge is -2.34. The van der Waals surface area contributed by atoms with Crippen LogP contribution in [0.2, 0.25) is 0 Å². The van der Waals surface area contributed by atoms with Crippen molar-refractivity contribution < 1.29 is 0 Å². The molecule has 1 heterocycles. The van der Waals surface area contributed by atoms with Crippen LogP contribution in [-0.2, 0) is 5.41 Å². The van der Waals surface area contributed by atoms with Crippen LogP contribution >= 0.6 is 15.9 Å². The minimum atomic E-state index is 0.0355. The van der Waals surface area contributed by atoms with Gasteiger partial charge < -0.3 is 4.98 Å². The van der Waals surface area contributed by atoms with Crippen molar-refractivity contribution in [3.63, 3.8) is 0 Å². The molecule has 2 unspecified atom stereocenters. The average molecular weight is 302 g/mol. The molecule has 0 amide bonds. The van der Waals surface area contributed by atoms with Crippen LogP contribution in [-0.4, -0.2) is 9.81 Å². The van der Waals surface area contributed by atoms with E-state index in [-0.39, 0.29) is 5.41 Å². The Bertz CT molecular complexity index is 590. The molecular formula is C16H16BrN. The number of H-pyrrole nitrogens is 1. The molecule has 2 aromatic rings. The van der Waals surface area contributed by atoms with Crippen molar-refractivity contribution in [2.24, 2.45) is 0 Å². The van der Waals surface area contributed by atoms with E-state index in [4.69, 9.17) is 0 Å². The number of nitrogens with one attached hydrogen (secondary N) is 1. The number of halogens is 1. The molecule has 1 N–H and O–H groups in total. The highest BCUT2D eigenvalue weighted by atomic mass is 79.9. The van der Waals surface area contributed by atoms with Crippen LogP contribution in [0.5, 0.6) is 0 Å². The van der Waals surface area contributed by atoms with Crippen LogP contribution in [0.3, 0.4) is 0 Å². The third-order valence-electron chi connectivity index (χ3n) is 3.89. The van der Waals surface area contributed by atoms with E-state index in [0.717, 1.165) is 6.42 Å². The Morgan fingerprint density at radius 3 is 2.83 bits per heavy atom. The number of benzene rings is 1. The molecule has 1 aromatic carbocycles. The summed E-state index contributed by atoms with van der Waals surface area (Å²) in [5, 5.41) is 1.28. The fraction of sp³-hybridized carbons (Fsp3) is 0.250. The summed E-state index contributed by atoms with van der Waals surface area (Å²) in [6.45, 7) is 2.24. The fourth-order valence-corrected chi connectivity index (χ4v) is 3.62. The number of hydrogen-bond acceptors (Lipinski definition) is 0. The van der Waals surface area contributed by atoms with Crippen LogP contribution in [0.15, 0.2) is 54.6 Å². The van der Waals surface area contributed by atoms with Crippen LogP contribution in [0.4, 0.5) is 0 Å². The summed E-state index contributed by atoms with van der Waals surface area (Å²) in [6, 6.07) is 10.7. The third kappa shape index (κ3) is 1.67. The van der Waals surface area contributed by atoms with Crippen molar-refractivity contribution in [1.29, 1.82) is 0 Å². The van der Waals surface area contributed by atoms with Crippen LogP contribution < -0.4 is 0 Å². The Morgan fingerprint density at radius 1 is 1.28 bits per heavy atom. The first kappa shape index (κ1) is 11.8. The smallest absolute Gasteiger partial charge is 0.0474 e. The Kier molecular flexibility index (Phi) is 2.90. The molecule has 0 fully saturated rings. The number of hydrogen-bond donors (Lipinski definition) is 1. The number of fused-ring (bicyclic) bond motifs is 1. The Labute approximate surface area is 116 Å². The van der Waals surface area contributed by atoms with E-state index in [1.165, 1.54) is 16.6 Å². The quantitative estimate of drug-likeness (QED) is 0.774. The van der Waals surface area contributed by atoms with E-state index in [1.54, 1.807) is 0 Å². The zero-order valence-corrected chi connectivity index (χ0v) is 11.9. The first-order chi connectivity index (χ1) is 8.76. The summed E-state index contributed by atoms with van der Waals surface area (Å²) in [4.78, 5) is 3.91. The van der Waals surface area contributed by atoms with Gasteiger partial charge in [-0.1, -0.05) is 65.4 Å². The molecule has 92 valence electrons. The van der Waals surface area contributed by atoms with Crippen LogP contribution in [0, 0.1) is 0 Å². The zero-order valence-electron chi connectivity index (χ0n) is 10.4. The fourth-order valence-electron chi connectivity index (χ4n) is 2.72. The molecule has 1 aliphatic rings. The summed E-state index contributed by atoms with van der Waals surface area (Å²) in [6.07, 6.45) is 9.84. The van der Waals surface area contributed by atoms with Gasteiger partial charge in [-0.15, -0.1) is 0 Å². The number of aromatic amines is 1. The van der Waals surface area contributed by atoms with Crippen LogP contribution in [0.25, 0.3) is 10.9 Å². The van der Waals surface area contributed by atoms with Crippen molar-refractivity contribution >= 4 is 26.8 Å². The van der Waals surface area contributed by atoms with Crippen molar-refractivity contribution in [3.8, 4) is 0 Å². The van der Waals surface area contributed by atoms with Gasteiger partial charge in [0.15, 0.2) is 0 Å². The molecule has 2 atom stereocenters. The summed E-state index contributed by atoms with van der Waals surface area (Å²) in [5.41, 5.74) is 2.53. The van der Waals surface area contributed by atoms with Gasteiger partial charge in [0.2, 0.25) is 0 Å². The number of para-hydroxylation sites is 1. The highest BCUT2D eigenvalue weighted by molar-refractivity contribution is 9.09. The van der Waals surface area contributed by atoms with Gasteiger partial charge in [-0.05, 0) is 23.9 Å². The molecule has 1 aromatic heterocycles.